The number of phosphoric ester groups is 1. The third-order valence-electron chi connectivity index (χ3n) is 16.7. The Balaban J connectivity index is 0.869. The molecule has 6 aliphatic rings. The molecule has 3 spiro atoms. The predicted octanol–water partition coefficient (Wildman–Crippen LogP) is 7.43. The van der Waals surface area contributed by atoms with E-state index in [-0.39, 0.29) is 97.6 Å². The fraction of sp³-hybridized carbons (Fsp3) is 0.611. The molecule has 0 radical (unpaired) electrons. The highest BCUT2D eigenvalue weighted by Crippen LogP contribution is 2.52. The minimum atomic E-state index is -6.41. The fourth-order valence-corrected chi connectivity index (χ4v) is 17.1. The number of benzene rings is 3. The number of morpholine rings is 3. The molecular formula is C54H63F12N6O19PS3. The second-order valence-electron chi connectivity index (χ2n) is 23.0. The number of phosphoric acid groups is 1. The Kier molecular flexibility index (Phi) is 22.2. The monoisotopic (exact) mass is 1450 g/mol. The van der Waals surface area contributed by atoms with Crippen LogP contribution in [0.1, 0.15) is 38.5 Å². The summed E-state index contributed by atoms with van der Waals surface area (Å²) in [6.45, 7) is -11.8. The number of sulfonamides is 3. The lowest BCUT2D eigenvalue weighted by Crippen LogP contribution is -2.58. The van der Waals surface area contributed by atoms with E-state index >= 15 is 0 Å². The Bertz CT molecular complexity index is 3280. The standard InChI is InChI=1S/C54H63F12N6O19PS3/c55-37-4-1-7-40(28-37)93(77,78)70-22-25-83-49(34-70)10-16-67(17-11-49)46(73)89-43(52(58,59)60)31-86-92(76,87-32-44(53(61,62)63)90-47(74)68-18-12-50(13-19-68)35-71(23-26-84-50)94(79,80)41-8-2-5-38(56)29-41)88-33-45(54(64,65)66)91-48(75)69-20-14-51(15-21-69)36-72(24-27-85-51)95(81,82)42-9-3-6-39(57)30-42/h1-9,28-30,43-45H,10-27,31-36H2/t43-,44-,45-/m1/s1. The number of rotatable bonds is 18. The summed E-state index contributed by atoms with van der Waals surface area (Å²) in [6.07, 6.45) is -34.7. The zero-order chi connectivity index (χ0) is 69.2. The molecule has 3 atom stereocenters. The molecule has 3 aromatic carbocycles. The molecule has 6 heterocycles. The number of halogens is 12. The van der Waals surface area contributed by atoms with Crippen molar-refractivity contribution in [1.82, 2.24) is 27.6 Å². The van der Waals surface area contributed by atoms with Gasteiger partial charge < -0.3 is 43.1 Å². The van der Waals surface area contributed by atoms with Gasteiger partial charge in [0.15, 0.2) is 0 Å². The van der Waals surface area contributed by atoms with Crippen LogP contribution in [0.15, 0.2) is 87.5 Å². The van der Waals surface area contributed by atoms with E-state index in [2.05, 4.69) is 14.2 Å². The minimum Gasteiger partial charge on any atom is -0.434 e. The van der Waals surface area contributed by atoms with Crippen LogP contribution >= 0.6 is 7.82 Å². The van der Waals surface area contributed by atoms with Gasteiger partial charge in [-0.2, -0.15) is 52.4 Å². The summed E-state index contributed by atoms with van der Waals surface area (Å²) in [5, 5.41) is 0. The number of alkyl halides is 9. The summed E-state index contributed by atoms with van der Waals surface area (Å²) in [5.74, 6) is -2.56. The lowest BCUT2D eigenvalue weighted by molar-refractivity contribution is -0.222. The number of nitrogens with zero attached hydrogens (tertiary/aromatic N) is 6. The van der Waals surface area contributed by atoms with Crippen LogP contribution in [0.3, 0.4) is 0 Å². The summed E-state index contributed by atoms with van der Waals surface area (Å²) in [5.41, 5.74) is -3.99. The van der Waals surface area contributed by atoms with Crippen molar-refractivity contribution in [3.63, 3.8) is 0 Å². The Morgan fingerprint density at radius 2 is 0.674 bits per heavy atom. The average molecular weight is 1460 g/mol. The summed E-state index contributed by atoms with van der Waals surface area (Å²) in [6, 6.07) is 12.3. The second kappa shape index (κ2) is 28.7. The highest BCUT2D eigenvalue weighted by molar-refractivity contribution is 7.89. The molecule has 530 valence electrons. The maximum Gasteiger partial charge on any atom is 0.475 e. The molecule has 0 N–H and O–H groups in total. The van der Waals surface area contributed by atoms with Gasteiger partial charge in [-0.25, -0.2) is 57.4 Å². The second-order valence-corrected chi connectivity index (χ2v) is 30.5. The molecule has 9 rings (SSSR count). The molecule has 0 bridgehead atoms. The molecule has 3 amide bonds. The Morgan fingerprint density at radius 1 is 0.432 bits per heavy atom. The molecule has 6 saturated heterocycles. The summed E-state index contributed by atoms with van der Waals surface area (Å²) in [7, 11) is -19.3. The maximum atomic E-state index is 14.8. The van der Waals surface area contributed by atoms with Gasteiger partial charge in [0.25, 0.3) is 0 Å². The van der Waals surface area contributed by atoms with Crippen molar-refractivity contribution in [1.29, 1.82) is 0 Å². The van der Waals surface area contributed by atoms with Crippen LogP contribution in [0, 0.1) is 17.5 Å². The molecule has 95 heavy (non-hydrogen) atoms. The predicted molar refractivity (Wildman–Crippen MR) is 298 cm³/mol. The Labute approximate surface area is 536 Å². The number of carbonyl (C=O) groups is 3. The van der Waals surface area contributed by atoms with Crippen LogP contribution in [0.25, 0.3) is 0 Å². The van der Waals surface area contributed by atoms with Crippen LogP contribution < -0.4 is 0 Å². The van der Waals surface area contributed by atoms with E-state index in [4.69, 9.17) is 27.8 Å². The Morgan fingerprint density at radius 3 is 0.895 bits per heavy atom. The van der Waals surface area contributed by atoms with Crippen molar-refractivity contribution in [2.24, 2.45) is 0 Å². The van der Waals surface area contributed by atoms with Gasteiger partial charge in [-0.05, 0) is 93.1 Å². The first-order valence-electron chi connectivity index (χ1n) is 29.1. The lowest BCUT2D eigenvalue weighted by atomic mass is 9.90. The maximum absolute atomic E-state index is 14.8. The molecule has 41 heteroatoms. The van der Waals surface area contributed by atoms with E-state index in [1.807, 2.05) is 0 Å². The van der Waals surface area contributed by atoms with Gasteiger partial charge >= 0.3 is 44.6 Å². The van der Waals surface area contributed by atoms with Crippen LogP contribution in [-0.2, 0) is 76.6 Å². The molecule has 0 aromatic heterocycles. The van der Waals surface area contributed by atoms with E-state index in [0.29, 0.717) is 14.7 Å². The van der Waals surface area contributed by atoms with Gasteiger partial charge in [-0.15, -0.1) is 0 Å². The normalized spacial score (nSPS) is 21.5. The number of hydrogen-bond donors (Lipinski definition) is 0. The number of carbonyl (C=O) groups excluding carboxylic acids is 3. The van der Waals surface area contributed by atoms with Crippen molar-refractivity contribution in [3.8, 4) is 0 Å². The van der Waals surface area contributed by atoms with Gasteiger partial charge in [0, 0.05) is 78.5 Å². The van der Waals surface area contributed by atoms with E-state index in [1.54, 1.807) is 0 Å². The van der Waals surface area contributed by atoms with Crippen molar-refractivity contribution in [3.05, 3.63) is 90.2 Å². The van der Waals surface area contributed by atoms with Gasteiger partial charge in [0.2, 0.25) is 48.4 Å². The smallest absolute Gasteiger partial charge is 0.434 e. The summed E-state index contributed by atoms with van der Waals surface area (Å²) in [4.78, 5) is 41.1. The van der Waals surface area contributed by atoms with Crippen LogP contribution in [0.4, 0.5) is 67.1 Å². The molecule has 6 aliphatic heterocycles. The first-order valence-corrected chi connectivity index (χ1v) is 34.9. The van der Waals surface area contributed by atoms with E-state index < -0.39 is 201 Å². The number of piperidine rings is 3. The van der Waals surface area contributed by atoms with E-state index in [0.717, 1.165) is 85.7 Å². The number of likely N-dealkylation sites (tertiary alicyclic amines) is 3. The molecule has 25 nitrogen and oxygen atoms in total. The summed E-state index contributed by atoms with van der Waals surface area (Å²) < 4.78 is 319. The van der Waals surface area contributed by atoms with Gasteiger partial charge in [-0.1, -0.05) is 18.2 Å². The first kappa shape index (κ1) is 73.6. The highest BCUT2D eigenvalue weighted by atomic mass is 32.2. The van der Waals surface area contributed by atoms with Gasteiger partial charge in [0.05, 0.1) is 51.3 Å². The van der Waals surface area contributed by atoms with E-state index in [1.165, 1.54) is 0 Å². The lowest BCUT2D eigenvalue weighted by Gasteiger charge is -2.46. The topological polar surface area (TPSA) is 273 Å². The fourth-order valence-electron chi connectivity index (χ4n) is 11.3. The summed E-state index contributed by atoms with van der Waals surface area (Å²) >= 11 is 0. The van der Waals surface area contributed by atoms with Crippen molar-refractivity contribution in [2.75, 3.05) is 118 Å². The highest BCUT2D eigenvalue weighted by Gasteiger charge is 2.54. The molecule has 0 aliphatic carbocycles. The van der Waals surface area contributed by atoms with Crippen molar-refractivity contribution < 1.29 is 139 Å². The zero-order valence-electron chi connectivity index (χ0n) is 49.8. The number of amides is 3. The van der Waals surface area contributed by atoms with Gasteiger partial charge in [0.1, 0.15) is 37.3 Å². The molecular weight excluding hydrogens is 1390 g/mol. The third-order valence-corrected chi connectivity index (χ3v) is 23.6. The van der Waals surface area contributed by atoms with Gasteiger partial charge in [-0.3, -0.25) is 13.6 Å². The van der Waals surface area contributed by atoms with Crippen molar-refractivity contribution >= 4 is 56.2 Å². The Hall–Kier alpha value is -5.65. The molecule has 6 fully saturated rings. The largest absolute Gasteiger partial charge is 0.475 e. The van der Waals surface area contributed by atoms with Crippen LogP contribution in [0.2, 0.25) is 0 Å². The van der Waals surface area contributed by atoms with E-state index in [9.17, 15) is 96.9 Å². The number of hydrogen-bond acceptors (Lipinski definition) is 19. The molecule has 0 saturated carbocycles. The number of ether oxygens (including phenoxy) is 6. The minimum absolute atomic E-state index is 0.187. The average Bonchev–Trinajstić information content (AvgIpc) is 0.784. The SMILES string of the molecule is O=C(O[C@H](COP(=O)(OC[C@@H](OC(=O)N1CCC2(CC1)CN(S(=O)(=O)c1cccc(F)c1)CCO2)C(F)(F)F)OC[C@@H](OC(=O)N1CCC2(CC1)CN(S(=O)(=O)c1cccc(F)c1)CCO2)C(F)(F)F)C(F)(F)F)N1CCC2(CC1)CN(S(=O)(=O)c1cccc(F)c1)CCO2. The van der Waals surface area contributed by atoms with Crippen molar-refractivity contribution in [2.45, 2.75) is 107 Å². The van der Waals surface area contributed by atoms with Crippen LogP contribution in [0.5, 0.6) is 0 Å². The molecule has 3 aromatic rings. The third kappa shape index (κ3) is 17.8. The van der Waals surface area contributed by atoms with Crippen LogP contribution in [-0.4, -0.2) is 243 Å². The molecule has 0 unspecified atom stereocenters. The zero-order valence-corrected chi connectivity index (χ0v) is 53.1. The quantitative estimate of drug-likeness (QED) is 0.0680. The first-order chi connectivity index (χ1) is 44.3.